The van der Waals surface area contributed by atoms with Crippen molar-refractivity contribution in [3.05, 3.63) is 35.5 Å². The molecule has 0 amide bonds. The molecule has 1 aromatic carbocycles. The van der Waals surface area contributed by atoms with E-state index in [-0.39, 0.29) is 23.0 Å². The number of hydrogen-bond acceptors (Lipinski definition) is 3. The monoisotopic (exact) mass is 305 g/mol. The number of sulfonamides is 1. The maximum absolute atomic E-state index is 12.4. The molecule has 5 nitrogen and oxygen atoms in total. The molecule has 0 atom stereocenters. The van der Waals surface area contributed by atoms with Gasteiger partial charge < -0.3 is 9.88 Å². The van der Waals surface area contributed by atoms with E-state index in [9.17, 15) is 8.42 Å². The third kappa shape index (κ3) is 3.59. The van der Waals surface area contributed by atoms with Crippen LogP contribution in [0.3, 0.4) is 0 Å². The van der Waals surface area contributed by atoms with Crippen molar-refractivity contribution in [2.45, 2.75) is 12.1 Å². The summed E-state index contributed by atoms with van der Waals surface area (Å²) < 4.78 is 104. The summed E-state index contributed by atoms with van der Waals surface area (Å²) in [6.45, 7) is -3.39. The van der Waals surface area contributed by atoms with Crippen molar-refractivity contribution >= 4 is 20.9 Å². The number of H-pyrrole nitrogens is 1. The Balaban J connectivity index is 2.87. The molecule has 2 rings (SSSR count). The van der Waals surface area contributed by atoms with Crippen LogP contribution in [0.15, 0.2) is 24.3 Å². The molecular weight excluding hydrogens is 274 g/mol. The van der Waals surface area contributed by atoms with Crippen LogP contribution < -0.4 is 4.72 Å². The number of benzene rings is 1. The zero-order valence-electron chi connectivity index (χ0n) is 21.0. The lowest BCUT2D eigenvalue weighted by Crippen LogP contribution is -2.20. The molecule has 0 spiro atoms. The zero-order valence-corrected chi connectivity index (χ0v) is 11.8. The second-order valence-corrected chi connectivity index (χ2v) is 5.74. The molecule has 0 aliphatic heterocycles. The molecular formula is C14H21N3O2S. The summed E-state index contributed by atoms with van der Waals surface area (Å²) in [5.74, 6) is 0. The summed E-state index contributed by atoms with van der Waals surface area (Å²) in [5.41, 5.74) is -4.83. The van der Waals surface area contributed by atoms with Crippen LogP contribution in [0.5, 0.6) is 0 Å². The van der Waals surface area contributed by atoms with Crippen LogP contribution in [0.2, 0.25) is 0 Å². The summed E-state index contributed by atoms with van der Waals surface area (Å²) >= 11 is 0. The van der Waals surface area contributed by atoms with Crippen LogP contribution in [0.4, 0.5) is 0 Å². The third-order valence-electron chi connectivity index (χ3n) is 2.40. The molecule has 0 aliphatic carbocycles. The first kappa shape index (κ1) is 6.60. The second-order valence-electron chi connectivity index (χ2n) is 4.32. The highest BCUT2D eigenvalue weighted by Crippen LogP contribution is 2.21. The van der Waals surface area contributed by atoms with Crippen LogP contribution in [0, 0.1) is 0 Å². The van der Waals surface area contributed by atoms with Gasteiger partial charge in [-0.3, -0.25) is 0 Å². The lowest BCUT2D eigenvalue weighted by Gasteiger charge is -2.08. The van der Waals surface area contributed by atoms with Crippen molar-refractivity contribution < 1.29 is 22.1 Å². The number of nitrogens with zero attached hydrogens (tertiary/aromatic N) is 1. The Morgan fingerprint density at radius 1 is 1.50 bits per heavy atom. The van der Waals surface area contributed by atoms with Crippen molar-refractivity contribution in [1.82, 2.24) is 14.6 Å². The van der Waals surface area contributed by atoms with E-state index in [1.165, 1.54) is 15.8 Å². The molecule has 0 aliphatic rings. The van der Waals surface area contributed by atoms with Crippen LogP contribution in [-0.2, 0) is 22.1 Å². The molecule has 0 bridgehead atoms. The Morgan fingerprint density at radius 2 is 2.30 bits per heavy atom. The molecule has 0 unspecified atom stereocenters. The predicted molar refractivity (Wildman–Crippen MR) is 82.2 cm³/mol. The van der Waals surface area contributed by atoms with Gasteiger partial charge in [-0.25, -0.2) is 13.1 Å². The minimum Gasteiger partial charge on any atom is -0.361 e. The van der Waals surface area contributed by atoms with Gasteiger partial charge >= 0.3 is 0 Å². The Labute approximate surface area is 134 Å². The molecule has 0 fully saturated rings. The number of nitrogens with one attached hydrogen (secondary N) is 2. The zero-order chi connectivity index (χ0) is 23.4. The van der Waals surface area contributed by atoms with Gasteiger partial charge in [-0.1, -0.05) is 6.04 Å². The molecule has 6 heteroatoms. The first-order valence-corrected chi connectivity index (χ1v) is 7.12. The predicted octanol–water partition coefficient (Wildman–Crippen LogP) is 1.32. The standard InChI is InChI=1S/C14H21N3O2S/c1-15-20(18,19)10-11-4-5-14-13(8-11)12(9-16-14)6-7-17(2)3/h4-5,8-9,15-16H,6-7,10H2,1-3H3/i1D3,4D,5D,6D2,8D,10D2. The maximum Gasteiger partial charge on any atom is 0.215 e. The third-order valence-corrected chi connectivity index (χ3v) is 3.14. The van der Waals surface area contributed by atoms with E-state index < -0.39 is 52.8 Å². The van der Waals surface area contributed by atoms with Crippen LogP contribution in [-0.4, -0.2) is 45.9 Å². The van der Waals surface area contributed by atoms with Crippen molar-refractivity contribution in [1.29, 1.82) is 0 Å². The maximum atomic E-state index is 12.4. The van der Waals surface area contributed by atoms with Gasteiger partial charge in [0.05, 0.1) is 9.82 Å². The molecule has 1 heterocycles. The number of fused-ring (bicyclic) bond motifs is 1. The molecule has 2 N–H and O–H groups in total. The Morgan fingerprint density at radius 3 is 3.00 bits per heavy atom. The van der Waals surface area contributed by atoms with E-state index in [0.29, 0.717) is 0 Å². The van der Waals surface area contributed by atoms with Crippen molar-refractivity contribution in [3.8, 4) is 0 Å². The summed E-state index contributed by atoms with van der Waals surface area (Å²) in [4.78, 5) is 4.15. The Kier molecular flexibility index (Phi) is 1.96. The topological polar surface area (TPSA) is 65.2 Å². The lowest BCUT2D eigenvalue weighted by atomic mass is 10.1. The van der Waals surface area contributed by atoms with Crippen molar-refractivity contribution in [2.75, 3.05) is 27.6 Å². The average molecular weight is 305 g/mol. The second kappa shape index (κ2) is 5.95. The Bertz CT molecular complexity index is 1080. The summed E-state index contributed by atoms with van der Waals surface area (Å²) in [7, 11) is -2.04. The van der Waals surface area contributed by atoms with E-state index in [2.05, 4.69) is 4.98 Å². The highest BCUT2D eigenvalue weighted by molar-refractivity contribution is 7.88. The number of aromatic amines is 1. The summed E-state index contributed by atoms with van der Waals surface area (Å²) in [6.07, 6.45) is -0.869. The summed E-state index contributed by atoms with van der Waals surface area (Å²) in [5, 5.41) is -0.245. The van der Waals surface area contributed by atoms with E-state index in [1.54, 1.807) is 14.1 Å². The number of rotatable bonds is 6. The van der Waals surface area contributed by atoms with E-state index in [4.69, 9.17) is 13.7 Å². The highest BCUT2D eigenvalue weighted by atomic mass is 32.2. The SMILES string of the molecule is [2H]c1c(C([2H])([2H])S(=O)(=O)NC([2H])([2H])[2H])c([2H])c2c(C([2H])([2H])CN(C)C)c[nH]c2c1[2H]. The molecule has 20 heavy (non-hydrogen) atoms. The smallest absolute Gasteiger partial charge is 0.215 e. The number of likely N-dealkylation sites (N-methyl/N-ethyl adjacent to an activating group) is 1. The minimum absolute atomic E-state index is 0.108. The van der Waals surface area contributed by atoms with Gasteiger partial charge in [0.2, 0.25) is 10.0 Å². The fraction of sp³-hybridized carbons (Fsp3) is 0.429. The van der Waals surface area contributed by atoms with Crippen molar-refractivity contribution in [3.63, 3.8) is 0 Å². The van der Waals surface area contributed by atoms with Crippen LogP contribution >= 0.6 is 0 Å². The molecule has 110 valence electrons. The van der Waals surface area contributed by atoms with Gasteiger partial charge in [-0.05, 0) is 50.7 Å². The number of hydrogen-bond donors (Lipinski definition) is 2. The van der Waals surface area contributed by atoms with Gasteiger partial charge in [0, 0.05) is 33.2 Å². The number of aromatic nitrogens is 1. The van der Waals surface area contributed by atoms with Crippen LogP contribution in [0.1, 0.15) is 24.8 Å². The Hall–Kier alpha value is -1.37. The van der Waals surface area contributed by atoms with Crippen molar-refractivity contribution in [2.24, 2.45) is 0 Å². The van der Waals surface area contributed by atoms with Crippen LogP contribution in [0.25, 0.3) is 10.9 Å². The van der Waals surface area contributed by atoms with E-state index in [1.807, 2.05) is 0 Å². The highest BCUT2D eigenvalue weighted by Gasteiger charge is 2.11. The molecule has 0 saturated heterocycles. The average Bonchev–Trinajstić information content (AvgIpc) is 2.95. The lowest BCUT2D eigenvalue weighted by molar-refractivity contribution is 0.414. The quantitative estimate of drug-likeness (QED) is 0.846. The van der Waals surface area contributed by atoms with E-state index in [0.717, 1.165) is 0 Å². The molecule has 1 aromatic heterocycles. The van der Waals surface area contributed by atoms with Gasteiger partial charge in [0.1, 0.15) is 0 Å². The fourth-order valence-electron chi connectivity index (χ4n) is 1.53. The van der Waals surface area contributed by atoms with Gasteiger partial charge in [-0.15, -0.1) is 0 Å². The fourth-order valence-corrected chi connectivity index (χ4v) is 1.95. The summed E-state index contributed by atoms with van der Waals surface area (Å²) in [6, 6.07) is -2.38. The largest absolute Gasteiger partial charge is 0.361 e. The minimum atomic E-state index is -5.27. The van der Waals surface area contributed by atoms with Gasteiger partial charge in [0.15, 0.2) is 0 Å². The molecule has 2 aromatic rings. The first-order chi connectivity index (χ1) is 13.3. The molecule has 0 saturated carbocycles. The van der Waals surface area contributed by atoms with E-state index >= 15 is 0 Å². The van der Waals surface area contributed by atoms with Gasteiger partial charge in [0.25, 0.3) is 0 Å². The normalized spacial score (nSPS) is 21.8. The van der Waals surface area contributed by atoms with Gasteiger partial charge in [-0.2, -0.15) is 0 Å². The first-order valence-electron chi connectivity index (χ1n) is 10.6. The molecule has 0 radical (unpaired) electrons.